The molecule has 1 aliphatic rings. The summed E-state index contributed by atoms with van der Waals surface area (Å²) >= 11 is 0. The van der Waals surface area contributed by atoms with E-state index in [4.69, 9.17) is 10.5 Å². The molecule has 0 radical (unpaired) electrons. The van der Waals surface area contributed by atoms with Gasteiger partial charge in [0.05, 0.1) is 18.4 Å². The van der Waals surface area contributed by atoms with E-state index in [2.05, 4.69) is 0 Å². The Bertz CT molecular complexity index is 513. The van der Waals surface area contributed by atoms with Crippen molar-refractivity contribution < 1.29 is 22.7 Å². The Morgan fingerprint density at radius 1 is 1.45 bits per heavy atom. The molecule has 7 heteroatoms. The van der Waals surface area contributed by atoms with Gasteiger partial charge in [-0.05, 0) is 25.0 Å². The number of methoxy groups -OCH3 is 1. The molecule has 4 nitrogen and oxygen atoms in total. The molecule has 110 valence electrons. The first kappa shape index (κ1) is 14.5. The Hall–Kier alpha value is -1.92. The van der Waals surface area contributed by atoms with Gasteiger partial charge in [0, 0.05) is 6.04 Å². The van der Waals surface area contributed by atoms with E-state index in [1.54, 1.807) is 6.07 Å². The summed E-state index contributed by atoms with van der Waals surface area (Å²) in [5.41, 5.74) is 5.87. The molecule has 1 amide bonds. The average molecular weight is 288 g/mol. The third kappa shape index (κ3) is 3.15. The molecule has 0 aliphatic heterocycles. The number of rotatable bonds is 4. The highest BCUT2D eigenvalue weighted by Crippen LogP contribution is 2.33. The van der Waals surface area contributed by atoms with Crippen LogP contribution in [-0.2, 0) is 0 Å². The van der Waals surface area contributed by atoms with Crippen molar-refractivity contribution in [2.24, 2.45) is 0 Å². The maximum Gasteiger partial charge on any atom is 0.406 e. The Balaban J connectivity index is 2.28. The fourth-order valence-corrected chi connectivity index (χ4v) is 2.01. The zero-order valence-electron chi connectivity index (χ0n) is 10.9. The van der Waals surface area contributed by atoms with Crippen LogP contribution in [0.5, 0.6) is 5.75 Å². The first-order chi connectivity index (χ1) is 9.33. The summed E-state index contributed by atoms with van der Waals surface area (Å²) < 4.78 is 42.7. The molecule has 1 aromatic carbocycles. The van der Waals surface area contributed by atoms with Crippen LogP contribution in [0.1, 0.15) is 23.2 Å². The molecule has 0 spiro atoms. The summed E-state index contributed by atoms with van der Waals surface area (Å²) in [6.07, 6.45) is -3.25. The fraction of sp³-hybridized carbons (Fsp3) is 0.462. The third-order valence-corrected chi connectivity index (χ3v) is 3.11. The van der Waals surface area contributed by atoms with E-state index in [1.165, 1.54) is 19.2 Å². The van der Waals surface area contributed by atoms with Crippen LogP contribution < -0.4 is 10.5 Å². The molecule has 20 heavy (non-hydrogen) atoms. The number of amides is 1. The number of hydrogen-bond acceptors (Lipinski definition) is 3. The molecule has 0 aromatic heterocycles. The quantitative estimate of drug-likeness (QED) is 0.866. The predicted molar refractivity (Wildman–Crippen MR) is 67.5 cm³/mol. The van der Waals surface area contributed by atoms with Crippen LogP contribution in [0, 0.1) is 0 Å². The van der Waals surface area contributed by atoms with Crippen LogP contribution in [0.2, 0.25) is 0 Å². The number of para-hydroxylation sites is 1. The molecule has 0 atom stereocenters. The van der Waals surface area contributed by atoms with Gasteiger partial charge in [-0.1, -0.05) is 6.07 Å². The zero-order valence-corrected chi connectivity index (χ0v) is 10.9. The van der Waals surface area contributed by atoms with Crippen molar-refractivity contribution in [3.05, 3.63) is 23.8 Å². The van der Waals surface area contributed by atoms with Crippen LogP contribution in [0.15, 0.2) is 18.2 Å². The summed E-state index contributed by atoms with van der Waals surface area (Å²) in [4.78, 5) is 13.1. The maximum absolute atomic E-state index is 12.6. The number of hydrogen-bond donors (Lipinski definition) is 1. The predicted octanol–water partition coefficient (Wildman–Crippen LogP) is 2.44. The average Bonchev–Trinajstić information content (AvgIpc) is 3.18. The number of benzene rings is 1. The fourth-order valence-electron chi connectivity index (χ4n) is 2.01. The second-order valence-electron chi connectivity index (χ2n) is 4.70. The van der Waals surface area contributed by atoms with Crippen molar-refractivity contribution in [1.29, 1.82) is 0 Å². The van der Waals surface area contributed by atoms with Gasteiger partial charge in [0.2, 0.25) is 0 Å². The van der Waals surface area contributed by atoms with Crippen LogP contribution in [0.25, 0.3) is 0 Å². The number of nitrogens with zero attached hydrogens (tertiary/aromatic N) is 1. The Kier molecular flexibility index (Phi) is 3.78. The maximum atomic E-state index is 12.6. The Morgan fingerprint density at radius 3 is 2.60 bits per heavy atom. The van der Waals surface area contributed by atoms with Crippen LogP contribution >= 0.6 is 0 Å². The highest BCUT2D eigenvalue weighted by molar-refractivity contribution is 6.00. The van der Waals surface area contributed by atoms with E-state index in [0.717, 1.165) is 4.90 Å². The number of nitrogen functional groups attached to an aromatic ring is 1. The lowest BCUT2D eigenvalue weighted by Gasteiger charge is -2.24. The second-order valence-corrected chi connectivity index (χ2v) is 4.70. The highest BCUT2D eigenvalue weighted by Gasteiger charge is 2.41. The van der Waals surface area contributed by atoms with Crippen LogP contribution in [0.4, 0.5) is 18.9 Å². The third-order valence-electron chi connectivity index (χ3n) is 3.11. The molecule has 0 heterocycles. The Morgan fingerprint density at radius 2 is 2.10 bits per heavy atom. The van der Waals surface area contributed by atoms with Gasteiger partial charge in [0.15, 0.2) is 0 Å². The normalized spacial score (nSPS) is 15.0. The van der Waals surface area contributed by atoms with Gasteiger partial charge in [-0.25, -0.2) is 0 Å². The van der Waals surface area contributed by atoms with Crippen LogP contribution in [0.3, 0.4) is 0 Å². The Labute approximate surface area is 114 Å². The summed E-state index contributed by atoms with van der Waals surface area (Å²) in [7, 11) is 1.38. The zero-order chi connectivity index (χ0) is 14.9. The van der Waals surface area contributed by atoms with E-state index >= 15 is 0 Å². The van der Waals surface area contributed by atoms with E-state index in [-0.39, 0.29) is 23.0 Å². The molecule has 1 aromatic rings. The van der Waals surface area contributed by atoms with Crippen molar-refractivity contribution in [3.8, 4) is 5.75 Å². The standard InChI is InChI=1S/C13H15F3N2O2/c1-20-10-4-2-3-9(11(10)17)12(19)18(8-5-6-8)7-13(14,15)16/h2-4,8H,5-7,17H2,1H3. The van der Waals surface area contributed by atoms with Crippen LogP contribution in [-0.4, -0.2) is 36.7 Å². The van der Waals surface area contributed by atoms with Crippen molar-refractivity contribution >= 4 is 11.6 Å². The van der Waals surface area contributed by atoms with Gasteiger partial charge in [0.25, 0.3) is 5.91 Å². The molecule has 0 bridgehead atoms. The minimum atomic E-state index is -4.42. The number of carbonyl (C=O) groups excluding carboxylic acids is 1. The number of halogens is 3. The lowest BCUT2D eigenvalue weighted by atomic mass is 10.1. The molecule has 2 N–H and O–H groups in total. The number of ether oxygens (including phenoxy) is 1. The number of anilines is 1. The molecule has 1 fully saturated rings. The van der Waals surface area contributed by atoms with Gasteiger partial charge < -0.3 is 15.4 Å². The van der Waals surface area contributed by atoms with Gasteiger partial charge in [-0.2, -0.15) is 13.2 Å². The lowest BCUT2D eigenvalue weighted by molar-refractivity contribution is -0.141. The van der Waals surface area contributed by atoms with Crippen molar-refractivity contribution in [3.63, 3.8) is 0 Å². The molecular weight excluding hydrogens is 273 g/mol. The minimum absolute atomic E-state index is 0.0421. The largest absolute Gasteiger partial charge is 0.495 e. The number of alkyl halides is 3. The first-order valence-corrected chi connectivity index (χ1v) is 6.13. The number of carbonyl (C=O) groups is 1. The summed E-state index contributed by atoms with van der Waals surface area (Å²) in [6, 6.07) is 4.14. The van der Waals surface area contributed by atoms with Crippen molar-refractivity contribution in [2.75, 3.05) is 19.4 Å². The minimum Gasteiger partial charge on any atom is -0.495 e. The topological polar surface area (TPSA) is 55.6 Å². The van der Waals surface area contributed by atoms with Gasteiger partial charge in [-0.15, -0.1) is 0 Å². The van der Waals surface area contributed by atoms with E-state index in [0.29, 0.717) is 12.8 Å². The van der Waals surface area contributed by atoms with Gasteiger partial charge >= 0.3 is 6.18 Å². The van der Waals surface area contributed by atoms with E-state index in [1.807, 2.05) is 0 Å². The summed E-state index contributed by atoms with van der Waals surface area (Å²) in [5.74, 6) is -0.431. The lowest BCUT2D eigenvalue weighted by Crippen LogP contribution is -2.40. The molecule has 2 rings (SSSR count). The van der Waals surface area contributed by atoms with Crippen molar-refractivity contribution in [1.82, 2.24) is 4.90 Å². The highest BCUT2D eigenvalue weighted by atomic mass is 19.4. The van der Waals surface area contributed by atoms with Crippen molar-refractivity contribution in [2.45, 2.75) is 25.1 Å². The van der Waals surface area contributed by atoms with Gasteiger partial charge in [-0.3, -0.25) is 4.79 Å². The summed E-state index contributed by atoms with van der Waals surface area (Å²) in [6.45, 7) is -1.26. The summed E-state index contributed by atoms with van der Waals surface area (Å²) in [5, 5.41) is 0. The second kappa shape index (κ2) is 5.22. The first-order valence-electron chi connectivity index (χ1n) is 6.13. The van der Waals surface area contributed by atoms with Gasteiger partial charge in [0.1, 0.15) is 12.3 Å². The monoisotopic (exact) mass is 288 g/mol. The SMILES string of the molecule is COc1cccc(C(=O)N(CC(F)(F)F)C2CC2)c1N. The molecular formula is C13H15F3N2O2. The molecule has 0 saturated heterocycles. The van der Waals surface area contributed by atoms with E-state index in [9.17, 15) is 18.0 Å². The molecule has 1 saturated carbocycles. The molecule has 1 aliphatic carbocycles. The number of nitrogens with two attached hydrogens (primary N) is 1. The smallest absolute Gasteiger partial charge is 0.406 e. The van der Waals surface area contributed by atoms with E-state index < -0.39 is 18.6 Å². The molecule has 0 unspecified atom stereocenters.